The van der Waals surface area contributed by atoms with Gasteiger partial charge in [-0.15, -0.1) is 0 Å². The zero-order valence-corrected chi connectivity index (χ0v) is 15.7. The van der Waals surface area contributed by atoms with Gasteiger partial charge in [-0.25, -0.2) is 0 Å². The zero-order valence-electron chi connectivity index (χ0n) is 15.7. The van der Waals surface area contributed by atoms with Crippen LogP contribution in [0, 0.1) is 0 Å². The van der Waals surface area contributed by atoms with Crippen LogP contribution in [0.5, 0.6) is 0 Å². The van der Waals surface area contributed by atoms with Gasteiger partial charge in [-0.3, -0.25) is 9.98 Å². The van der Waals surface area contributed by atoms with Crippen molar-refractivity contribution in [1.29, 1.82) is 0 Å². The van der Waals surface area contributed by atoms with Crippen LogP contribution in [0.2, 0.25) is 0 Å². The summed E-state index contributed by atoms with van der Waals surface area (Å²) in [5.41, 5.74) is 8.83. The number of hydrogen-bond acceptors (Lipinski definition) is 4. The standard InChI is InChI=1S/C24H22N4/c1-3-7-23-21(5-1)25-15-13-19(27-23)17-9-11-18(12-10-17)20-14-16-26-22-6-2-4-8-24(22)28-20/h1-12,25-26H,13-16H2. The molecule has 2 aliphatic heterocycles. The van der Waals surface area contributed by atoms with Crippen molar-refractivity contribution in [2.75, 3.05) is 23.7 Å². The smallest absolute Gasteiger partial charge is 0.0864 e. The van der Waals surface area contributed by atoms with Crippen molar-refractivity contribution in [3.8, 4) is 0 Å². The average Bonchev–Trinajstić information content (AvgIpc) is 3.10. The first-order valence-electron chi connectivity index (χ1n) is 9.78. The van der Waals surface area contributed by atoms with E-state index in [0.717, 1.165) is 60.1 Å². The Balaban J connectivity index is 1.45. The van der Waals surface area contributed by atoms with E-state index >= 15 is 0 Å². The molecule has 0 spiro atoms. The summed E-state index contributed by atoms with van der Waals surface area (Å²) in [5, 5.41) is 6.93. The summed E-state index contributed by atoms with van der Waals surface area (Å²) in [6, 6.07) is 25.1. The maximum Gasteiger partial charge on any atom is 0.0864 e. The molecule has 0 atom stereocenters. The van der Waals surface area contributed by atoms with E-state index < -0.39 is 0 Å². The molecule has 0 bridgehead atoms. The molecule has 0 saturated carbocycles. The van der Waals surface area contributed by atoms with Crippen LogP contribution in [0.1, 0.15) is 24.0 Å². The number of para-hydroxylation sites is 4. The second-order valence-corrected chi connectivity index (χ2v) is 7.08. The maximum absolute atomic E-state index is 4.91. The van der Waals surface area contributed by atoms with E-state index in [0.29, 0.717) is 0 Å². The van der Waals surface area contributed by atoms with Gasteiger partial charge < -0.3 is 10.6 Å². The number of nitrogens with one attached hydrogen (secondary N) is 2. The molecule has 2 N–H and O–H groups in total. The Labute approximate surface area is 165 Å². The monoisotopic (exact) mass is 366 g/mol. The molecule has 0 saturated heterocycles. The van der Waals surface area contributed by atoms with E-state index in [-0.39, 0.29) is 0 Å². The zero-order chi connectivity index (χ0) is 18.8. The van der Waals surface area contributed by atoms with Crippen molar-refractivity contribution in [3.05, 3.63) is 83.9 Å². The molecule has 2 aliphatic rings. The van der Waals surface area contributed by atoms with Gasteiger partial charge in [-0.1, -0.05) is 48.5 Å². The molecular formula is C24H22N4. The van der Waals surface area contributed by atoms with Crippen molar-refractivity contribution in [3.63, 3.8) is 0 Å². The van der Waals surface area contributed by atoms with Gasteiger partial charge in [0.05, 0.1) is 34.2 Å². The molecule has 28 heavy (non-hydrogen) atoms. The van der Waals surface area contributed by atoms with Crippen molar-refractivity contribution in [2.24, 2.45) is 9.98 Å². The van der Waals surface area contributed by atoms with Crippen LogP contribution in [-0.2, 0) is 0 Å². The van der Waals surface area contributed by atoms with Crippen molar-refractivity contribution in [1.82, 2.24) is 0 Å². The first kappa shape index (κ1) is 16.8. The molecule has 0 radical (unpaired) electrons. The minimum atomic E-state index is 0.896. The van der Waals surface area contributed by atoms with Crippen LogP contribution in [-0.4, -0.2) is 24.5 Å². The summed E-state index contributed by atoms with van der Waals surface area (Å²) in [7, 11) is 0. The number of fused-ring (bicyclic) bond motifs is 2. The normalized spacial score (nSPS) is 15.6. The second-order valence-electron chi connectivity index (χ2n) is 7.08. The van der Waals surface area contributed by atoms with Crippen LogP contribution in [0.4, 0.5) is 22.7 Å². The quantitative estimate of drug-likeness (QED) is 0.624. The molecule has 3 aromatic rings. The third-order valence-corrected chi connectivity index (χ3v) is 5.22. The molecule has 0 amide bonds. The van der Waals surface area contributed by atoms with E-state index in [2.05, 4.69) is 59.2 Å². The molecule has 0 aliphatic carbocycles. The van der Waals surface area contributed by atoms with Crippen molar-refractivity contribution < 1.29 is 0 Å². The molecule has 3 aromatic carbocycles. The molecular weight excluding hydrogens is 344 g/mol. The van der Waals surface area contributed by atoms with Gasteiger partial charge in [-0.05, 0) is 35.4 Å². The number of nitrogens with zero attached hydrogens (tertiary/aromatic N) is 2. The summed E-state index contributed by atoms with van der Waals surface area (Å²) in [6.45, 7) is 1.79. The van der Waals surface area contributed by atoms with E-state index in [1.165, 1.54) is 11.1 Å². The Kier molecular flexibility index (Phi) is 4.37. The second kappa shape index (κ2) is 7.31. The summed E-state index contributed by atoms with van der Waals surface area (Å²) in [6.07, 6.45) is 1.82. The average molecular weight is 366 g/mol. The minimum absolute atomic E-state index is 0.896. The molecule has 138 valence electrons. The number of aliphatic imine (C=N–C) groups is 2. The molecule has 4 heteroatoms. The van der Waals surface area contributed by atoms with Crippen molar-refractivity contribution >= 4 is 34.2 Å². The molecule has 5 rings (SSSR count). The lowest BCUT2D eigenvalue weighted by atomic mass is 10.0. The van der Waals surface area contributed by atoms with Crippen LogP contribution >= 0.6 is 0 Å². The largest absolute Gasteiger partial charge is 0.383 e. The van der Waals surface area contributed by atoms with Gasteiger partial charge in [0.15, 0.2) is 0 Å². The highest BCUT2D eigenvalue weighted by molar-refractivity contribution is 6.06. The Hall–Kier alpha value is -3.40. The first-order valence-corrected chi connectivity index (χ1v) is 9.78. The van der Waals surface area contributed by atoms with Crippen LogP contribution < -0.4 is 10.6 Å². The van der Waals surface area contributed by atoms with Crippen LogP contribution in [0.25, 0.3) is 0 Å². The Morgan fingerprint density at radius 2 is 0.964 bits per heavy atom. The summed E-state index contributed by atoms with van der Waals surface area (Å²) in [4.78, 5) is 9.82. The van der Waals surface area contributed by atoms with E-state index in [1.54, 1.807) is 0 Å². The molecule has 4 nitrogen and oxygen atoms in total. The van der Waals surface area contributed by atoms with E-state index in [4.69, 9.17) is 9.98 Å². The Morgan fingerprint density at radius 3 is 1.43 bits per heavy atom. The lowest BCUT2D eigenvalue weighted by Crippen LogP contribution is -2.09. The number of rotatable bonds is 2. The fraction of sp³-hybridized carbons (Fsp3) is 0.167. The van der Waals surface area contributed by atoms with Gasteiger partial charge in [-0.2, -0.15) is 0 Å². The summed E-state index contributed by atoms with van der Waals surface area (Å²) in [5.74, 6) is 0. The first-order chi connectivity index (χ1) is 13.9. The third-order valence-electron chi connectivity index (χ3n) is 5.22. The predicted octanol–water partition coefficient (Wildman–Crippen LogP) is 5.56. The van der Waals surface area contributed by atoms with Gasteiger partial charge >= 0.3 is 0 Å². The summed E-state index contributed by atoms with van der Waals surface area (Å²) < 4.78 is 0. The highest BCUT2D eigenvalue weighted by Crippen LogP contribution is 2.29. The van der Waals surface area contributed by atoms with Crippen LogP contribution in [0.3, 0.4) is 0 Å². The highest BCUT2D eigenvalue weighted by Gasteiger charge is 2.13. The topological polar surface area (TPSA) is 48.8 Å². The number of anilines is 2. The van der Waals surface area contributed by atoms with Crippen molar-refractivity contribution in [2.45, 2.75) is 12.8 Å². The van der Waals surface area contributed by atoms with Gasteiger partial charge in [0.2, 0.25) is 0 Å². The van der Waals surface area contributed by atoms with E-state index in [1.807, 2.05) is 24.3 Å². The third kappa shape index (κ3) is 3.29. The lowest BCUT2D eigenvalue weighted by molar-refractivity contribution is 1.12. The number of benzene rings is 3. The van der Waals surface area contributed by atoms with Crippen LogP contribution in [0.15, 0.2) is 82.8 Å². The fourth-order valence-electron chi connectivity index (χ4n) is 3.75. The lowest BCUT2D eigenvalue weighted by Gasteiger charge is -2.08. The molecule has 0 fully saturated rings. The number of hydrogen-bond donors (Lipinski definition) is 2. The summed E-state index contributed by atoms with van der Waals surface area (Å²) >= 11 is 0. The van der Waals surface area contributed by atoms with Gasteiger partial charge in [0.1, 0.15) is 0 Å². The fourth-order valence-corrected chi connectivity index (χ4v) is 3.75. The van der Waals surface area contributed by atoms with E-state index in [9.17, 15) is 0 Å². The van der Waals surface area contributed by atoms with Gasteiger partial charge in [0, 0.05) is 25.9 Å². The molecule has 0 aromatic heterocycles. The highest BCUT2D eigenvalue weighted by atomic mass is 14.9. The molecule has 0 unspecified atom stereocenters. The predicted molar refractivity (Wildman–Crippen MR) is 118 cm³/mol. The Morgan fingerprint density at radius 1 is 0.536 bits per heavy atom. The van der Waals surface area contributed by atoms with Gasteiger partial charge in [0.25, 0.3) is 0 Å². The Bertz CT molecular complexity index is 977. The molecule has 2 heterocycles. The maximum atomic E-state index is 4.91. The minimum Gasteiger partial charge on any atom is -0.383 e. The SMILES string of the molecule is c1ccc2c(c1)N=C(c1ccc(C3=Nc4ccccc4NCC3)cc1)CCN2.